The zero-order valence-electron chi connectivity index (χ0n) is 20.4. The van der Waals surface area contributed by atoms with Gasteiger partial charge in [0.2, 0.25) is 0 Å². The van der Waals surface area contributed by atoms with Gasteiger partial charge in [-0.15, -0.1) is 0 Å². The Morgan fingerprint density at radius 2 is 1.86 bits per heavy atom. The van der Waals surface area contributed by atoms with E-state index >= 15 is 0 Å². The second kappa shape index (κ2) is 10.7. The monoisotopic (exact) mass is 539 g/mol. The summed E-state index contributed by atoms with van der Waals surface area (Å²) < 4.78 is 16.1. The van der Waals surface area contributed by atoms with Gasteiger partial charge in [0.25, 0.3) is 0 Å². The molecule has 2 heterocycles. The first kappa shape index (κ1) is 25.0. The molecule has 8 heteroatoms. The molecule has 0 aliphatic rings. The predicted molar refractivity (Wildman–Crippen MR) is 139 cm³/mol. The highest BCUT2D eigenvalue weighted by atomic mass is 79.9. The van der Waals surface area contributed by atoms with Crippen molar-refractivity contribution in [1.82, 2.24) is 14.3 Å². The van der Waals surface area contributed by atoms with E-state index in [1.807, 2.05) is 57.2 Å². The van der Waals surface area contributed by atoms with E-state index in [1.165, 1.54) is 0 Å². The molecule has 2 aromatic carbocycles. The Kier molecular flexibility index (Phi) is 7.62. The van der Waals surface area contributed by atoms with Gasteiger partial charge in [-0.3, -0.25) is 4.68 Å². The van der Waals surface area contributed by atoms with E-state index in [4.69, 9.17) is 9.47 Å². The largest absolute Gasteiger partial charge is 0.491 e. The van der Waals surface area contributed by atoms with Gasteiger partial charge in [-0.25, -0.2) is 4.79 Å². The van der Waals surface area contributed by atoms with Crippen molar-refractivity contribution in [1.29, 1.82) is 0 Å². The molecule has 0 amide bonds. The molecule has 1 N–H and O–H groups in total. The Morgan fingerprint density at radius 3 is 2.51 bits per heavy atom. The Morgan fingerprint density at radius 1 is 1.11 bits per heavy atom. The van der Waals surface area contributed by atoms with E-state index in [0.717, 1.165) is 38.0 Å². The fourth-order valence-electron chi connectivity index (χ4n) is 4.28. The Labute approximate surface area is 213 Å². The standard InChI is InChI=1S/C27H30BrN3O4/c1-5-34-27(33)25-18(3)30(14-20-9-7-6-8-10-20)24-12-11-22(13-23(24)25)35-16-21(32)15-31-19(4)26(28)17(2)29-31/h6-13,21,32H,5,14-16H2,1-4H3. The number of halogens is 1. The molecule has 4 aromatic rings. The van der Waals surface area contributed by atoms with Gasteiger partial charge in [-0.05, 0) is 67.4 Å². The van der Waals surface area contributed by atoms with Crippen LogP contribution in [-0.4, -0.2) is 44.7 Å². The Bertz CT molecular complexity index is 1340. The highest BCUT2D eigenvalue weighted by molar-refractivity contribution is 9.10. The second-order valence-corrected chi connectivity index (χ2v) is 9.36. The van der Waals surface area contributed by atoms with Crippen molar-refractivity contribution in [2.75, 3.05) is 13.2 Å². The molecule has 0 fully saturated rings. The van der Waals surface area contributed by atoms with Gasteiger partial charge in [0.05, 0.1) is 28.9 Å². The fourth-order valence-corrected chi connectivity index (χ4v) is 4.56. The third-order valence-corrected chi connectivity index (χ3v) is 7.22. The minimum Gasteiger partial charge on any atom is -0.491 e. The molecular formula is C27H30BrN3O4. The lowest BCUT2D eigenvalue weighted by atomic mass is 10.1. The first-order chi connectivity index (χ1) is 16.8. The molecule has 7 nitrogen and oxygen atoms in total. The van der Waals surface area contributed by atoms with Gasteiger partial charge in [0.15, 0.2) is 0 Å². The predicted octanol–water partition coefficient (Wildman–Crippen LogP) is 5.19. The van der Waals surface area contributed by atoms with E-state index < -0.39 is 6.10 Å². The number of aliphatic hydroxyl groups is 1. The summed E-state index contributed by atoms with van der Waals surface area (Å²) in [7, 11) is 0. The maximum absolute atomic E-state index is 12.9. The van der Waals surface area contributed by atoms with Crippen molar-refractivity contribution in [3.05, 3.63) is 81.2 Å². The molecule has 4 rings (SSSR count). The maximum Gasteiger partial charge on any atom is 0.340 e. The Hall–Kier alpha value is -3.10. The van der Waals surface area contributed by atoms with Gasteiger partial charge < -0.3 is 19.1 Å². The fraction of sp³-hybridized carbons (Fsp3) is 0.333. The Balaban J connectivity index is 1.59. The van der Waals surface area contributed by atoms with E-state index in [0.29, 0.717) is 31.0 Å². The van der Waals surface area contributed by atoms with E-state index in [1.54, 1.807) is 11.6 Å². The lowest BCUT2D eigenvalue weighted by molar-refractivity contribution is 0.0527. The summed E-state index contributed by atoms with van der Waals surface area (Å²) in [5.41, 5.74) is 5.28. The zero-order valence-corrected chi connectivity index (χ0v) is 22.0. The quantitative estimate of drug-likeness (QED) is 0.296. The summed E-state index contributed by atoms with van der Waals surface area (Å²) in [4.78, 5) is 12.9. The summed E-state index contributed by atoms with van der Waals surface area (Å²) >= 11 is 3.51. The van der Waals surface area contributed by atoms with Gasteiger partial charge in [0, 0.05) is 28.8 Å². The van der Waals surface area contributed by atoms with Gasteiger partial charge in [-0.2, -0.15) is 5.10 Å². The molecule has 1 unspecified atom stereocenters. The van der Waals surface area contributed by atoms with E-state index in [2.05, 4.69) is 37.7 Å². The number of hydrogen-bond acceptors (Lipinski definition) is 5. The summed E-state index contributed by atoms with van der Waals surface area (Å²) in [6.07, 6.45) is -0.746. The number of aromatic nitrogens is 3. The number of ether oxygens (including phenoxy) is 2. The van der Waals surface area contributed by atoms with Crippen LogP contribution in [0.3, 0.4) is 0 Å². The van der Waals surface area contributed by atoms with Gasteiger partial charge in [0.1, 0.15) is 18.5 Å². The van der Waals surface area contributed by atoms with Crippen LogP contribution in [0.2, 0.25) is 0 Å². The summed E-state index contributed by atoms with van der Waals surface area (Å²) in [5.74, 6) is 0.225. The maximum atomic E-state index is 12.9. The van der Waals surface area contributed by atoms with E-state index in [9.17, 15) is 9.90 Å². The van der Waals surface area contributed by atoms with Crippen LogP contribution in [0.1, 0.15) is 39.9 Å². The number of carbonyl (C=O) groups excluding carboxylic acids is 1. The van der Waals surface area contributed by atoms with Crippen molar-refractivity contribution in [2.45, 2.75) is 46.9 Å². The van der Waals surface area contributed by atoms with Crippen molar-refractivity contribution < 1.29 is 19.4 Å². The summed E-state index contributed by atoms with van der Waals surface area (Å²) in [5, 5.41) is 15.8. The first-order valence-corrected chi connectivity index (χ1v) is 12.4. The SMILES string of the molecule is CCOC(=O)c1c(C)n(Cc2ccccc2)c2ccc(OCC(O)Cn3nc(C)c(Br)c3C)cc12. The highest BCUT2D eigenvalue weighted by Crippen LogP contribution is 2.31. The minimum absolute atomic E-state index is 0.0971. The normalized spacial score (nSPS) is 12.2. The molecule has 0 aliphatic carbocycles. The number of hydrogen-bond donors (Lipinski definition) is 1. The third kappa shape index (κ3) is 5.28. The molecule has 2 aromatic heterocycles. The van der Waals surface area contributed by atoms with Crippen molar-refractivity contribution in [3.8, 4) is 5.75 Å². The highest BCUT2D eigenvalue weighted by Gasteiger charge is 2.22. The molecule has 0 bridgehead atoms. The van der Waals surface area contributed by atoms with Crippen molar-refractivity contribution in [2.24, 2.45) is 0 Å². The molecule has 0 radical (unpaired) electrons. The third-order valence-electron chi connectivity index (χ3n) is 6.08. The van der Waals surface area contributed by atoms with Crippen molar-refractivity contribution in [3.63, 3.8) is 0 Å². The molecular weight excluding hydrogens is 510 g/mol. The van der Waals surface area contributed by atoms with Crippen LogP contribution in [-0.2, 0) is 17.8 Å². The van der Waals surface area contributed by atoms with Crippen LogP contribution >= 0.6 is 15.9 Å². The number of aryl methyl sites for hydroxylation is 1. The lowest BCUT2D eigenvalue weighted by Crippen LogP contribution is -2.24. The molecule has 35 heavy (non-hydrogen) atoms. The topological polar surface area (TPSA) is 78.5 Å². The number of aliphatic hydroxyl groups excluding tert-OH is 1. The zero-order chi connectivity index (χ0) is 25.1. The lowest BCUT2D eigenvalue weighted by Gasteiger charge is -2.14. The van der Waals surface area contributed by atoms with Crippen LogP contribution in [0.25, 0.3) is 10.9 Å². The van der Waals surface area contributed by atoms with Gasteiger partial charge in [-0.1, -0.05) is 30.3 Å². The van der Waals surface area contributed by atoms with Crippen LogP contribution in [0, 0.1) is 20.8 Å². The number of esters is 1. The van der Waals surface area contributed by atoms with Crippen LogP contribution in [0.4, 0.5) is 0 Å². The molecule has 1 atom stereocenters. The molecule has 0 saturated carbocycles. The number of rotatable bonds is 9. The first-order valence-electron chi connectivity index (χ1n) is 11.6. The smallest absolute Gasteiger partial charge is 0.340 e. The number of fused-ring (bicyclic) bond motifs is 1. The second-order valence-electron chi connectivity index (χ2n) is 8.56. The van der Waals surface area contributed by atoms with Gasteiger partial charge >= 0.3 is 5.97 Å². The number of nitrogens with zero attached hydrogens (tertiary/aromatic N) is 3. The average Bonchev–Trinajstić information content (AvgIpc) is 3.25. The average molecular weight is 540 g/mol. The molecule has 0 saturated heterocycles. The molecule has 0 spiro atoms. The van der Waals surface area contributed by atoms with E-state index in [-0.39, 0.29) is 12.6 Å². The molecule has 184 valence electrons. The minimum atomic E-state index is -0.746. The molecule has 0 aliphatic heterocycles. The van der Waals surface area contributed by atoms with Crippen LogP contribution in [0.15, 0.2) is 53.0 Å². The van der Waals surface area contributed by atoms with Crippen LogP contribution in [0.5, 0.6) is 5.75 Å². The van der Waals surface area contributed by atoms with Crippen LogP contribution < -0.4 is 4.74 Å². The van der Waals surface area contributed by atoms with Crippen molar-refractivity contribution >= 4 is 32.8 Å². The number of carbonyl (C=O) groups is 1. The summed E-state index contributed by atoms with van der Waals surface area (Å²) in [6.45, 7) is 8.96. The number of benzene rings is 2. The summed E-state index contributed by atoms with van der Waals surface area (Å²) in [6, 6.07) is 15.8.